The van der Waals surface area contributed by atoms with Crippen molar-refractivity contribution in [2.75, 3.05) is 0 Å². The van der Waals surface area contributed by atoms with Crippen LogP contribution in [0.25, 0.3) is 0 Å². The molecule has 0 unspecified atom stereocenters. The van der Waals surface area contributed by atoms with Gasteiger partial charge in [-0.2, -0.15) is 0 Å². The number of rotatable bonds is 7. The number of carboxylic acids is 1. The van der Waals surface area contributed by atoms with Gasteiger partial charge in [0.2, 0.25) is 0 Å². The molecule has 0 saturated carbocycles. The molecule has 2 aromatic carbocycles. The van der Waals surface area contributed by atoms with Gasteiger partial charge in [0, 0.05) is 25.2 Å². The van der Waals surface area contributed by atoms with Crippen molar-refractivity contribution in [2.45, 2.75) is 26.1 Å². The summed E-state index contributed by atoms with van der Waals surface area (Å²) in [5.74, 6) is -0.911. The Morgan fingerprint density at radius 1 is 1.00 bits per heavy atom. The molecule has 0 aliphatic rings. The number of nitrogens with zero attached hydrogens (tertiary/aromatic N) is 1. The molecule has 0 bridgehead atoms. The average molecular weight is 295 g/mol. The zero-order valence-electron chi connectivity index (χ0n) is 12.7. The molecule has 2 aromatic rings. The van der Waals surface area contributed by atoms with E-state index in [1.807, 2.05) is 43.3 Å². The van der Waals surface area contributed by atoms with Crippen LogP contribution in [0.15, 0.2) is 72.8 Å². The third-order valence-electron chi connectivity index (χ3n) is 3.55. The minimum absolute atomic E-state index is 0.0384. The first-order valence-corrected chi connectivity index (χ1v) is 7.38. The Bertz CT molecular complexity index is 566. The van der Waals surface area contributed by atoms with Crippen molar-refractivity contribution in [3.8, 4) is 0 Å². The van der Waals surface area contributed by atoms with Crippen LogP contribution in [-0.2, 0) is 17.9 Å². The molecular weight excluding hydrogens is 274 g/mol. The van der Waals surface area contributed by atoms with E-state index in [1.54, 1.807) is 6.08 Å². The first-order chi connectivity index (χ1) is 10.6. The quantitative estimate of drug-likeness (QED) is 0.791. The van der Waals surface area contributed by atoms with Gasteiger partial charge in [-0.3, -0.25) is 4.90 Å². The molecule has 0 aromatic heterocycles. The second-order valence-electron chi connectivity index (χ2n) is 5.31. The highest BCUT2D eigenvalue weighted by atomic mass is 16.4. The molecule has 0 saturated heterocycles. The summed E-state index contributed by atoms with van der Waals surface area (Å²) in [5, 5.41) is 8.82. The van der Waals surface area contributed by atoms with Crippen LogP contribution in [0.4, 0.5) is 0 Å². The van der Waals surface area contributed by atoms with E-state index in [4.69, 9.17) is 5.11 Å². The fourth-order valence-corrected chi connectivity index (χ4v) is 2.32. The van der Waals surface area contributed by atoms with Gasteiger partial charge >= 0.3 is 5.97 Å². The zero-order chi connectivity index (χ0) is 15.8. The van der Waals surface area contributed by atoms with Gasteiger partial charge in [0.1, 0.15) is 0 Å². The van der Waals surface area contributed by atoms with Gasteiger partial charge in [-0.1, -0.05) is 66.7 Å². The van der Waals surface area contributed by atoms with Crippen molar-refractivity contribution in [1.29, 1.82) is 0 Å². The Morgan fingerprint density at radius 2 is 1.45 bits per heavy atom. The number of hydrogen-bond donors (Lipinski definition) is 1. The minimum atomic E-state index is -0.911. The lowest BCUT2D eigenvalue weighted by atomic mass is 10.1. The van der Waals surface area contributed by atoms with Gasteiger partial charge in [-0.15, -0.1) is 0 Å². The Hall–Kier alpha value is -2.39. The molecule has 22 heavy (non-hydrogen) atoms. The molecule has 0 radical (unpaired) electrons. The number of hydrogen-bond acceptors (Lipinski definition) is 2. The predicted molar refractivity (Wildman–Crippen MR) is 88.4 cm³/mol. The molecule has 0 spiro atoms. The van der Waals surface area contributed by atoms with Crippen molar-refractivity contribution in [1.82, 2.24) is 4.90 Å². The molecule has 3 nitrogen and oxygen atoms in total. The van der Waals surface area contributed by atoms with Crippen molar-refractivity contribution in [2.24, 2.45) is 0 Å². The van der Waals surface area contributed by atoms with E-state index in [-0.39, 0.29) is 6.04 Å². The number of benzene rings is 2. The number of carboxylic acid groups (broad SMARTS) is 1. The summed E-state index contributed by atoms with van der Waals surface area (Å²) in [6, 6.07) is 20.5. The highest BCUT2D eigenvalue weighted by molar-refractivity contribution is 5.79. The fourth-order valence-electron chi connectivity index (χ4n) is 2.32. The minimum Gasteiger partial charge on any atom is -0.478 e. The lowest BCUT2D eigenvalue weighted by Gasteiger charge is -2.27. The van der Waals surface area contributed by atoms with E-state index < -0.39 is 5.97 Å². The summed E-state index contributed by atoms with van der Waals surface area (Å²) in [4.78, 5) is 13.0. The molecule has 0 aliphatic carbocycles. The van der Waals surface area contributed by atoms with E-state index in [0.717, 1.165) is 13.1 Å². The molecule has 0 fully saturated rings. The molecule has 114 valence electrons. The molecule has 0 heterocycles. The summed E-state index contributed by atoms with van der Waals surface area (Å²) in [7, 11) is 0. The Morgan fingerprint density at radius 3 is 1.86 bits per heavy atom. The van der Waals surface area contributed by atoms with E-state index in [9.17, 15) is 4.79 Å². The maximum Gasteiger partial charge on any atom is 0.328 e. The van der Waals surface area contributed by atoms with Crippen molar-refractivity contribution in [3.05, 3.63) is 83.9 Å². The normalized spacial score (nSPS) is 12.6. The van der Waals surface area contributed by atoms with Crippen LogP contribution in [0.1, 0.15) is 18.1 Å². The van der Waals surface area contributed by atoms with Crippen LogP contribution in [0, 0.1) is 0 Å². The highest BCUT2D eigenvalue weighted by Gasteiger charge is 2.13. The average Bonchev–Trinajstić information content (AvgIpc) is 2.54. The third-order valence-corrected chi connectivity index (χ3v) is 3.55. The maximum atomic E-state index is 10.7. The summed E-state index contributed by atoms with van der Waals surface area (Å²) in [6.07, 6.45) is 2.95. The van der Waals surface area contributed by atoms with E-state index in [2.05, 4.69) is 29.2 Å². The number of carbonyl (C=O) groups is 1. The SMILES string of the molecule is C[C@H](/C=C/C(=O)O)N(Cc1ccccc1)Cc1ccccc1. The van der Waals surface area contributed by atoms with Crippen LogP contribution in [0.2, 0.25) is 0 Å². The van der Waals surface area contributed by atoms with Crippen molar-refractivity contribution >= 4 is 5.97 Å². The van der Waals surface area contributed by atoms with E-state index in [1.165, 1.54) is 17.2 Å². The molecule has 1 atom stereocenters. The molecule has 3 heteroatoms. The Kier molecular flexibility index (Phi) is 5.92. The maximum absolute atomic E-state index is 10.7. The van der Waals surface area contributed by atoms with Crippen LogP contribution in [0.5, 0.6) is 0 Å². The van der Waals surface area contributed by atoms with Gasteiger partial charge < -0.3 is 5.11 Å². The van der Waals surface area contributed by atoms with Gasteiger partial charge in [-0.25, -0.2) is 4.79 Å². The smallest absolute Gasteiger partial charge is 0.328 e. The van der Waals surface area contributed by atoms with Crippen molar-refractivity contribution in [3.63, 3.8) is 0 Å². The largest absolute Gasteiger partial charge is 0.478 e. The van der Waals surface area contributed by atoms with Gasteiger partial charge in [0.15, 0.2) is 0 Å². The predicted octanol–water partition coefficient (Wildman–Crippen LogP) is 3.72. The van der Waals surface area contributed by atoms with Gasteiger partial charge in [0.25, 0.3) is 0 Å². The summed E-state index contributed by atoms with van der Waals surface area (Å²) >= 11 is 0. The highest BCUT2D eigenvalue weighted by Crippen LogP contribution is 2.14. The van der Waals surface area contributed by atoms with Gasteiger partial charge in [-0.05, 0) is 18.1 Å². The summed E-state index contributed by atoms with van der Waals surface area (Å²) < 4.78 is 0. The molecule has 1 N–H and O–H groups in total. The van der Waals surface area contributed by atoms with Crippen LogP contribution < -0.4 is 0 Å². The van der Waals surface area contributed by atoms with Crippen LogP contribution >= 0.6 is 0 Å². The molecule has 0 aliphatic heterocycles. The third kappa shape index (κ3) is 5.19. The first-order valence-electron chi connectivity index (χ1n) is 7.38. The summed E-state index contributed by atoms with van der Waals surface area (Å²) in [5.41, 5.74) is 2.43. The second-order valence-corrected chi connectivity index (χ2v) is 5.31. The topological polar surface area (TPSA) is 40.5 Å². The van der Waals surface area contributed by atoms with Crippen LogP contribution in [0.3, 0.4) is 0 Å². The van der Waals surface area contributed by atoms with E-state index in [0.29, 0.717) is 0 Å². The Balaban J connectivity index is 2.14. The monoisotopic (exact) mass is 295 g/mol. The molecule has 2 rings (SSSR count). The van der Waals surface area contributed by atoms with Crippen molar-refractivity contribution < 1.29 is 9.90 Å². The zero-order valence-corrected chi connectivity index (χ0v) is 12.7. The molecular formula is C19H21NO2. The van der Waals surface area contributed by atoms with Crippen LogP contribution in [-0.4, -0.2) is 22.0 Å². The fraction of sp³-hybridized carbons (Fsp3) is 0.211. The van der Waals surface area contributed by atoms with Gasteiger partial charge in [0.05, 0.1) is 0 Å². The van der Waals surface area contributed by atoms with E-state index >= 15 is 0 Å². The molecule has 0 amide bonds. The Labute approximate surface area is 131 Å². The summed E-state index contributed by atoms with van der Waals surface area (Å²) in [6.45, 7) is 3.58. The lowest BCUT2D eigenvalue weighted by molar-refractivity contribution is -0.131. The number of aliphatic carboxylic acids is 1. The lowest BCUT2D eigenvalue weighted by Crippen LogP contribution is -2.30. The second kappa shape index (κ2) is 8.15. The first kappa shape index (κ1) is 16.0. The standard InChI is InChI=1S/C19H21NO2/c1-16(12-13-19(21)22)20(14-17-8-4-2-5-9-17)15-18-10-6-3-7-11-18/h2-13,16H,14-15H2,1H3,(H,21,22)/b13-12+/t16-/m1/s1.